The van der Waals surface area contributed by atoms with Gasteiger partial charge in [0.25, 0.3) is 0 Å². The molecule has 0 aromatic carbocycles. The van der Waals surface area contributed by atoms with Gasteiger partial charge >= 0.3 is 6.03 Å². The van der Waals surface area contributed by atoms with Crippen LogP contribution in [0.5, 0.6) is 0 Å². The molecule has 0 radical (unpaired) electrons. The third-order valence-corrected chi connectivity index (χ3v) is 6.31. The van der Waals surface area contributed by atoms with Gasteiger partial charge in [0.1, 0.15) is 0 Å². The molecule has 0 saturated carbocycles. The van der Waals surface area contributed by atoms with Gasteiger partial charge < -0.3 is 16.0 Å². The van der Waals surface area contributed by atoms with Gasteiger partial charge in [-0.05, 0) is 31.4 Å². The van der Waals surface area contributed by atoms with E-state index in [0.717, 1.165) is 50.2 Å². The lowest BCUT2D eigenvalue weighted by Gasteiger charge is -2.16. The van der Waals surface area contributed by atoms with Crippen LogP contribution in [-0.4, -0.2) is 47.3 Å². The van der Waals surface area contributed by atoms with E-state index >= 15 is 0 Å². The molecule has 0 aromatic heterocycles. The quantitative estimate of drug-likeness (QED) is 0.260. The summed E-state index contributed by atoms with van der Waals surface area (Å²) in [4.78, 5) is 23.1. The zero-order valence-corrected chi connectivity index (χ0v) is 15.4. The minimum absolute atomic E-state index is 0.0287. The molecule has 2 rings (SSSR count). The van der Waals surface area contributed by atoms with Crippen molar-refractivity contribution in [1.82, 2.24) is 16.0 Å². The van der Waals surface area contributed by atoms with Crippen LogP contribution < -0.4 is 16.0 Å². The number of hydrogen-bond donors (Lipinski definition) is 4. The maximum atomic E-state index is 11.8. The molecule has 7 heteroatoms. The molecule has 0 unspecified atom stereocenters. The Morgan fingerprint density at radius 1 is 1.17 bits per heavy atom. The van der Waals surface area contributed by atoms with E-state index in [1.54, 1.807) is 0 Å². The number of nitrogens with one attached hydrogen (secondary N) is 3. The van der Waals surface area contributed by atoms with Crippen molar-refractivity contribution < 1.29 is 9.59 Å². The Hall–Kier alpha value is -0.560. The minimum atomic E-state index is -0.0287. The van der Waals surface area contributed by atoms with Gasteiger partial charge in [-0.1, -0.05) is 19.3 Å². The van der Waals surface area contributed by atoms with Crippen molar-refractivity contribution in [3.63, 3.8) is 0 Å². The van der Waals surface area contributed by atoms with E-state index < -0.39 is 0 Å². The van der Waals surface area contributed by atoms with E-state index in [1.807, 2.05) is 11.8 Å². The van der Waals surface area contributed by atoms with Crippen LogP contribution in [0.25, 0.3) is 0 Å². The number of thiol groups is 1. The van der Waals surface area contributed by atoms with Crippen LogP contribution in [0.2, 0.25) is 0 Å². The fraction of sp³-hybridized carbons (Fsp3) is 0.875. The van der Waals surface area contributed by atoms with E-state index in [-0.39, 0.29) is 18.0 Å². The van der Waals surface area contributed by atoms with Crippen LogP contribution in [0.4, 0.5) is 4.79 Å². The Morgan fingerprint density at radius 2 is 2.00 bits per heavy atom. The van der Waals surface area contributed by atoms with Gasteiger partial charge in [0.15, 0.2) is 0 Å². The fourth-order valence-corrected chi connectivity index (χ4v) is 4.95. The lowest BCUT2D eigenvalue weighted by atomic mass is 10.0. The first kappa shape index (κ1) is 18.8. The zero-order valence-electron chi connectivity index (χ0n) is 13.7. The molecule has 2 saturated heterocycles. The average Bonchev–Trinajstić information content (AvgIpc) is 3.07. The molecule has 3 atom stereocenters. The molecular formula is C16H29N3O2S2. The van der Waals surface area contributed by atoms with Crippen molar-refractivity contribution in [1.29, 1.82) is 0 Å². The normalized spacial score (nSPS) is 25.8. The summed E-state index contributed by atoms with van der Waals surface area (Å²) in [7, 11) is 0. The Labute approximate surface area is 148 Å². The third kappa shape index (κ3) is 6.45. The summed E-state index contributed by atoms with van der Waals surface area (Å²) in [6.07, 6.45) is 8.26. The molecule has 132 valence electrons. The summed E-state index contributed by atoms with van der Waals surface area (Å²) >= 11 is 6.12. The van der Waals surface area contributed by atoms with E-state index in [2.05, 4.69) is 28.6 Å². The van der Waals surface area contributed by atoms with E-state index in [9.17, 15) is 9.59 Å². The largest absolute Gasteiger partial charge is 0.356 e. The molecule has 2 aliphatic heterocycles. The molecule has 0 aromatic rings. The van der Waals surface area contributed by atoms with Crippen LogP contribution in [0.3, 0.4) is 0 Å². The van der Waals surface area contributed by atoms with Crippen LogP contribution >= 0.6 is 24.4 Å². The maximum Gasteiger partial charge on any atom is 0.315 e. The number of urea groups is 1. The topological polar surface area (TPSA) is 70.2 Å². The third-order valence-electron chi connectivity index (χ3n) is 4.49. The standard InChI is InChI=1S/C16H29N3O2S2/c20-14(17-9-5-1-2-6-10-22)8-4-3-7-13-15-12(11-23-13)18-16(21)19-15/h12-13,15,22H,1-11H2,(H,17,20)(H2,18,19,21)/t12-,13-,15-/m0/s1. The average molecular weight is 360 g/mol. The number of hydrogen-bond acceptors (Lipinski definition) is 4. The molecule has 2 fully saturated rings. The highest BCUT2D eigenvalue weighted by molar-refractivity contribution is 8.00. The molecule has 3 N–H and O–H groups in total. The predicted molar refractivity (Wildman–Crippen MR) is 99.3 cm³/mol. The van der Waals surface area contributed by atoms with Crippen LogP contribution in [0.15, 0.2) is 0 Å². The van der Waals surface area contributed by atoms with Gasteiger partial charge in [0.2, 0.25) is 5.91 Å². The van der Waals surface area contributed by atoms with Gasteiger partial charge in [-0.3, -0.25) is 4.79 Å². The second-order valence-electron chi connectivity index (χ2n) is 6.36. The maximum absolute atomic E-state index is 11.8. The molecule has 23 heavy (non-hydrogen) atoms. The highest BCUT2D eigenvalue weighted by Crippen LogP contribution is 2.33. The summed E-state index contributed by atoms with van der Waals surface area (Å²) < 4.78 is 0. The van der Waals surface area contributed by atoms with Gasteiger partial charge in [0, 0.05) is 24.0 Å². The number of carbonyl (C=O) groups excluding carboxylic acids is 2. The number of thioether (sulfide) groups is 1. The number of carbonyl (C=O) groups is 2. The van der Waals surface area contributed by atoms with Gasteiger partial charge in [-0.15, -0.1) is 0 Å². The predicted octanol–water partition coefficient (Wildman–Crippen LogP) is 2.32. The van der Waals surface area contributed by atoms with Crippen molar-refractivity contribution in [2.45, 2.75) is 68.7 Å². The summed E-state index contributed by atoms with van der Waals surface area (Å²) in [5.41, 5.74) is 0. The van der Waals surface area contributed by atoms with Crippen molar-refractivity contribution in [2.75, 3.05) is 18.1 Å². The molecule has 2 aliphatic rings. The van der Waals surface area contributed by atoms with E-state index in [0.29, 0.717) is 17.7 Å². The Bertz CT molecular complexity index is 396. The van der Waals surface area contributed by atoms with Crippen molar-refractivity contribution >= 4 is 36.3 Å². The summed E-state index contributed by atoms with van der Waals surface area (Å²) in [5.74, 6) is 2.13. The second kappa shape index (κ2) is 10.3. The molecule has 2 heterocycles. The first-order valence-electron chi connectivity index (χ1n) is 8.77. The molecule has 5 nitrogen and oxygen atoms in total. The minimum Gasteiger partial charge on any atom is -0.356 e. The van der Waals surface area contributed by atoms with E-state index in [1.165, 1.54) is 12.8 Å². The number of amides is 3. The van der Waals surface area contributed by atoms with Gasteiger partial charge in [-0.2, -0.15) is 24.4 Å². The molecular weight excluding hydrogens is 330 g/mol. The highest BCUT2D eigenvalue weighted by Gasteiger charge is 2.42. The Balaban J connectivity index is 1.46. The molecule has 3 amide bonds. The van der Waals surface area contributed by atoms with Crippen molar-refractivity contribution in [3.8, 4) is 0 Å². The zero-order chi connectivity index (χ0) is 16.5. The second-order valence-corrected chi connectivity index (χ2v) is 8.07. The number of rotatable bonds is 11. The number of fused-ring (bicyclic) bond motifs is 1. The van der Waals surface area contributed by atoms with Crippen molar-refractivity contribution in [3.05, 3.63) is 0 Å². The molecule has 0 spiro atoms. The van der Waals surface area contributed by atoms with Gasteiger partial charge in [-0.25, -0.2) is 4.79 Å². The first-order valence-corrected chi connectivity index (χ1v) is 10.4. The van der Waals surface area contributed by atoms with Crippen LogP contribution in [-0.2, 0) is 4.79 Å². The Morgan fingerprint density at radius 3 is 2.83 bits per heavy atom. The monoisotopic (exact) mass is 359 g/mol. The SMILES string of the molecule is O=C(CCCC[C@@H]1SC[C@@H]2NC(=O)N[C@@H]21)NCCCCCCS. The lowest BCUT2D eigenvalue weighted by Crippen LogP contribution is -2.36. The summed E-state index contributed by atoms with van der Waals surface area (Å²) in [5, 5.41) is 9.46. The molecule has 0 aliphatic carbocycles. The summed E-state index contributed by atoms with van der Waals surface area (Å²) in [6, 6.07) is 0.543. The first-order chi connectivity index (χ1) is 11.2. The highest BCUT2D eigenvalue weighted by atomic mass is 32.2. The number of unbranched alkanes of at least 4 members (excludes halogenated alkanes) is 4. The smallest absolute Gasteiger partial charge is 0.315 e. The van der Waals surface area contributed by atoms with Crippen LogP contribution in [0, 0.1) is 0 Å². The van der Waals surface area contributed by atoms with Gasteiger partial charge in [0.05, 0.1) is 12.1 Å². The van der Waals surface area contributed by atoms with E-state index in [4.69, 9.17) is 0 Å². The Kier molecular flexibility index (Phi) is 8.44. The molecule has 0 bridgehead atoms. The van der Waals surface area contributed by atoms with Crippen LogP contribution in [0.1, 0.15) is 51.4 Å². The lowest BCUT2D eigenvalue weighted by molar-refractivity contribution is -0.121. The fourth-order valence-electron chi connectivity index (χ4n) is 3.18. The summed E-state index contributed by atoms with van der Waals surface area (Å²) in [6.45, 7) is 0.797. The van der Waals surface area contributed by atoms with Crippen molar-refractivity contribution in [2.24, 2.45) is 0 Å².